The normalized spacial score (nSPS) is 41.8. The van der Waals surface area contributed by atoms with Crippen molar-refractivity contribution in [2.45, 2.75) is 135 Å². The minimum Gasteiger partial charge on any atom is -0.444 e. The summed E-state index contributed by atoms with van der Waals surface area (Å²) in [4.78, 5) is 23.9. The topological polar surface area (TPSA) is 76.7 Å². The second kappa shape index (κ2) is 9.38. The first kappa shape index (κ1) is 26.2. The predicted octanol–water partition coefficient (Wildman–Crippen LogP) is 6.82. The second-order valence-corrected chi connectivity index (χ2v) is 15.4. The van der Waals surface area contributed by atoms with E-state index < -0.39 is 11.2 Å². The van der Waals surface area contributed by atoms with E-state index in [-0.39, 0.29) is 17.7 Å². The Hall–Kier alpha value is -1.46. The summed E-state index contributed by atoms with van der Waals surface area (Å²) < 4.78 is 10.8. The quantitative estimate of drug-likeness (QED) is 0.434. The molecule has 0 heterocycles. The van der Waals surface area contributed by atoms with Gasteiger partial charge in [0.1, 0.15) is 11.2 Å². The van der Waals surface area contributed by atoms with Gasteiger partial charge in [-0.15, -0.1) is 0 Å². The standard InChI is InChI=1S/2C15H25NO2/c1-14(2,3)18-13(17)16-15-7-10-4-11(8-15)6-12(5-10)9-15;1-15(2,3)18-14(17)16-13-11-5-9-4-10(7-11)8-12(13)6-9/h10-12H,4-9H2,1-3H3,(H,16,17);9-13H,4-8H2,1-3H3,(H,16,17). The van der Waals surface area contributed by atoms with Gasteiger partial charge in [-0.3, -0.25) is 0 Å². The van der Waals surface area contributed by atoms with Crippen molar-refractivity contribution in [3.05, 3.63) is 0 Å². The van der Waals surface area contributed by atoms with E-state index in [1.807, 2.05) is 41.5 Å². The van der Waals surface area contributed by atoms with Crippen LogP contribution in [-0.4, -0.2) is 35.0 Å². The van der Waals surface area contributed by atoms with Crippen LogP contribution in [0, 0.1) is 41.4 Å². The van der Waals surface area contributed by atoms with Gasteiger partial charge in [-0.1, -0.05) is 0 Å². The van der Waals surface area contributed by atoms with Crippen molar-refractivity contribution < 1.29 is 19.1 Å². The van der Waals surface area contributed by atoms with Crippen LogP contribution in [0.1, 0.15) is 112 Å². The van der Waals surface area contributed by atoms with Gasteiger partial charge in [-0.25, -0.2) is 9.59 Å². The van der Waals surface area contributed by atoms with Gasteiger partial charge in [-0.2, -0.15) is 0 Å². The molecule has 8 bridgehead atoms. The Bertz CT molecular complexity index is 776. The number of carbonyl (C=O) groups excluding carboxylic acids is 2. The van der Waals surface area contributed by atoms with Gasteiger partial charge >= 0.3 is 12.2 Å². The third-order valence-corrected chi connectivity index (χ3v) is 9.71. The molecule has 204 valence electrons. The molecule has 0 aromatic carbocycles. The van der Waals surface area contributed by atoms with Crippen LogP contribution >= 0.6 is 0 Å². The number of hydrogen-bond donors (Lipinski definition) is 2. The minimum atomic E-state index is -0.396. The van der Waals surface area contributed by atoms with E-state index in [0.717, 1.165) is 29.6 Å². The van der Waals surface area contributed by atoms with Crippen LogP contribution in [0.5, 0.6) is 0 Å². The molecule has 0 aromatic heterocycles. The van der Waals surface area contributed by atoms with Crippen molar-refractivity contribution in [2.75, 3.05) is 0 Å². The van der Waals surface area contributed by atoms with Gasteiger partial charge in [0.05, 0.1) is 0 Å². The molecule has 8 saturated carbocycles. The van der Waals surface area contributed by atoms with Crippen LogP contribution in [0.4, 0.5) is 9.59 Å². The number of hydrogen-bond acceptors (Lipinski definition) is 4. The average molecular weight is 503 g/mol. The van der Waals surface area contributed by atoms with E-state index in [0.29, 0.717) is 17.9 Å². The fraction of sp³-hybridized carbons (Fsp3) is 0.933. The van der Waals surface area contributed by atoms with Crippen molar-refractivity contribution in [1.29, 1.82) is 0 Å². The second-order valence-electron chi connectivity index (χ2n) is 15.4. The molecule has 0 unspecified atom stereocenters. The molecule has 8 aliphatic rings. The van der Waals surface area contributed by atoms with E-state index in [2.05, 4.69) is 10.6 Å². The lowest BCUT2D eigenvalue weighted by atomic mass is 9.53. The molecular weight excluding hydrogens is 452 g/mol. The highest BCUT2D eigenvalue weighted by Gasteiger charge is 2.52. The highest BCUT2D eigenvalue weighted by Crippen LogP contribution is 2.56. The number of carbonyl (C=O) groups is 2. The number of ether oxygens (including phenoxy) is 2. The van der Waals surface area contributed by atoms with E-state index in [1.54, 1.807) is 0 Å². The summed E-state index contributed by atoms with van der Waals surface area (Å²) in [7, 11) is 0. The SMILES string of the molecule is CC(C)(C)OC(=O)NC12CC3CC(CC(C3)C1)C2.CC(C)(C)OC(=O)NC1C2CC3CC(C2)CC1C3. The third-order valence-electron chi connectivity index (χ3n) is 9.71. The highest BCUT2D eigenvalue weighted by atomic mass is 16.6. The molecule has 0 atom stereocenters. The van der Waals surface area contributed by atoms with Crippen molar-refractivity contribution >= 4 is 12.2 Å². The summed E-state index contributed by atoms with van der Waals surface area (Å²) in [6.07, 6.45) is 14.0. The molecule has 2 N–H and O–H groups in total. The summed E-state index contributed by atoms with van der Waals surface area (Å²) in [5.41, 5.74) is -0.723. The van der Waals surface area contributed by atoms with Crippen LogP contribution in [0.15, 0.2) is 0 Å². The van der Waals surface area contributed by atoms with Crippen LogP contribution in [0.2, 0.25) is 0 Å². The monoisotopic (exact) mass is 502 g/mol. The Morgan fingerprint density at radius 1 is 0.611 bits per heavy atom. The van der Waals surface area contributed by atoms with Crippen LogP contribution in [0.25, 0.3) is 0 Å². The summed E-state index contributed by atoms with van der Waals surface area (Å²) in [5, 5.41) is 6.38. The van der Waals surface area contributed by atoms with Crippen molar-refractivity contribution in [1.82, 2.24) is 10.6 Å². The molecule has 0 radical (unpaired) electrons. The molecule has 0 aromatic rings. The Morgan fingerprint density at radius 2 is 1.00 bits per heavy atom. The van der Waals surface area contributed by atoms with E-state index in [1.165, 1.54) is 70.6 Å². The summed E-state index contributed by atoms with van der Waals surface area (Å²) in [6, 6.07) is 0.382. The zero-order valence-corrected chi connectivity index (χ0v) is 23.5. The molecule has 6 nitrogen and oxygen atoms in total. The van der Waals surface area contributed by atoms with Crippen molar-refractivity contribution in [3.63, 3.8) is 0 Å². The van der Waals surface area contributed by atoms with Gasteiger partial charge in [0, 0.05) is 11.6 Å². The first-order valence-electron chi connectivity index (χ1n) is 14.7. The van der Waals surface area contributed by atoms with Crippen molar-refractivity contribution in [2.24, 2.45) is 41.4 Å². The Labute approximate surface area is 218 Å². The maximum atomic E-state index is 12.0. The van der Waals surface area contributed by atoms with Gasteiger partial charge in [0.25, 0.3) is 0 Å². The average Bonchev–Trinajstić information content (AvgIpc) is 2.66. The molecule has 6 heteroatoms. The molecule has 0 saturated heterocycles. The Balaban J connectivity index is 0.000000148. The maximum absolute atomic E-state index is 12.0. The van der Waals surface area contributed by atoms with E-state index in [4.69, 9.17) is 9.47 Å². The number of amides is 2. The summed E-state index contributed by atoms with van der Waals surface area (Å²) in [5.74, 6) is 5.89. The largest absolute Gasteiger partial charge is 0.444 e. The van der Waals surface area contributed by atoms with Gasteiger partial charge in [-0.05, 0) is 154 Å². The fourth-order valence-corrected chi connectivity index (χ4v) is 9.39. The maximum Gasteiger partial charge on any atom is 0.408 e. The number of alkyl carbamates (subject to hydrolysis) is 2. The smallest absolute Gasteiger partial charge is 0.408 e. The van der Waals surface area contributed by atoms with Gasteiger partial charge < -0.3 is 20.1 Å². The third kappa shape index (κ3) is 6.15. The fourth-order valence-electron chi connectivity index (χ4n) is 9.39. The van der Waals surface area contributed by atoms with Crippen LogP contribution in [-0.2, 0) is 9.47 Å². The zero-order valence-electron chi connectivity index (χ0n) is 23.5. The highest BCUT2D eigenvalue weighted by molar-refractivity contribution is 5.69. The molecular formula is C30H50N2O4. The molecule has 8 rings (SSSR count). The summed E-state index contributed by atoms with van der Waals surface area (Å²) >= 11 is 0. The Kier molecular flexibility index (Phi) is 6.81. The molecule has 0 aliphatic heterocycles. The van der Waals surface area contributed by atoms with Gasteiger partial charge in [0.2, 0.25) is 0 Å². The molecule has 0 spiro atoms. The lowest BCUT2D eigenvalue weighted by molar-refractivity contribution is -0.0267. The molecule has 8 fully saturated rings. The molecule has 36 heavy (non-hydrogen) atoms. The first-order chi connectivity index (χ1) is 16.7. The predicted molar refractivity (Wildman–Crippen MR) is 140 cm³/mol. The van der Waals surface area contributed by atoms with Crippen LogP contribution in [0.3, 0.4) is 0 Å². The zero-order chi connectivity index (χ0) is 25.9. The van der Waals surface area contributed by atoms with Crippen molar-refractivity contribution in [3.8, 4) is 0 Å². The minimum absolute atomic E-state index is 0.0666. The number of rotatable bonds is 2. The van der Waals surface area contributed by atoms with E-state index >= 15 is 0 Å². The van der Waals surface area contributed by atoms with Gasteiger partial charge in [0.15, 0.2) is 0 Å². The Morgan fingerprint density at radius 3 is 1.42 bits per heavy atom. The lowest BCUT2D eigenvalue weighted by Crippen LogP contribution is -2.60. The first-order valence-corrected chi connectivity index (χ1v) is 14.7. The van der Waals surface area contributed by atoms with Crippen LogP contribution < -0.4 is 10.6 Å². The lowest BCUT2D eigenvalue weighted by Gasteiger charge is -2.56. The van der Waals surface area contributed by atoms with E-state index in [9.17, 15) is 9.59 Å². The molecule has 8 aliphatic carbocycles. The number of nitrogens with one attached hydrogen (secondary N) is 2. The molecule has 2 amide bonds. The summed E-state index contributed by atoms with van der Waals surface area (Å²) in [6.45, 7) is 11.5.